The van der Waals surface area contributed by atoms with Gasteiger partial charge in [0.05, 0.1) is 18.6 Å². The Morgan fingerprint density at radius 3 is 2.79 bits per heavy atom. The third kappa shape index (κ3) is 4.89. The van der Waals surface area contributed by atoms with Gasteiger partial charge in [-0.25, -0.2) is 0 Å². The molecule has 0 aliphatic heterocycles. The Kier molecular flexibility index (Phi) is 6.93. The molecule has 1 heterocycles. The second-order valence-electron chi connectivity index (χ2n) is 4.11. The zero-order valence-electron chi connectivity index (χ0n) is 11.5. The molecule has 1 aromatic heterocycles. The minimum absolute atomic E-state index is 0.106. The highest BCUT2D eigenvalue weighted by Crippen LogP contribution is 2.27. The van der Waals surface area contributed by atoms with Crippen molar-refractivity contribution in [1.29, 1.82) is 0 Å². The summed E-state index contributed by atoms with van der Waals surface area (Å²) >= 11 is 0. The van der Waals surface area contributed by atoms with E-state index >= 15 is 0 Å². The molecule has 1 aromatic rings. The summed E-state index contributed by atoms with van der Waals surface area (Å²) in [5.74, 6) is 0. The average molecular weight is 262 g/mol. The van der Waals surface area contributed by atoms with E-state index in [2.05, 4.69) is 19.7 Å². The molecule has 0 saturated heterocycles. The van der Waals surface area contributed by atoms with Gasteiger partial charge in [-0.15, -0.1) is 6.58 Å². The van der Waals surface area contributed by atoms with E-state index in [9.17, 15) is 0 Å². The molecular formula is C16H22O3. The van der Waals surface area contributed by atoms with Gasteiger partial charge in [0.2, 0.25) is 0 Å². The van der Waals surface area contributed by atoms with Gasteiger partial charge in [0.25, 0.3) is 0 Å². The first-order valence-corrected chi connectivity index (χ1v) is 6.44. The van der Waals surface area contributed by atoms with Crippen molar-refractivity contribution in [2.45, 2.75) is 32.2 Å². The lowest BCUT2D eigenvalue weighted by Gasteiger charge is -2.24. The molecule has 0 aliphatic rings. The van der Waals surface area contributed by atoms with Crippen molar-refractivity contribution in [3.05, 3.63) is 61.6 Å². The topological polar surface area (TPSA) is 31.6 Å². The van der Waals surface area contributed by atoms with Crippen molar-refractivity contribution >= 4 is 0 Å². The number of furan rings is 1. The van der Waals surface area contributed by atoms with Crippen LogP contribution in [-0.2, 0) is 9.47 Å². The molecule has 0 aliphatic carbocycles. The number of hydrogen-bond donors (Lipinski definition) is 0. The molecule has 19 heavy (non-hydrogen) atoms. The van der Waals surface area contributed by atoms with Crippen LogP contribution in [0.1, 0.15) is 31.4 Å². The fourth-order valence-electron chi connectivity index (χ4n) is 1.67. The molecule has 2 atom stereocenters. The van der Waals surface area contributed by atoms with Crippen LogP contribution in [0, 0.1) is 0 Å². The third-order valence-electron chi connectivity index (χ3n) is 2.72. The Bertz CT molecular complexity index is 392. The van der Waals surface area contributed by atoms with Crippen molar-refractivity contribution in [3.8, 4) is 0 Å². The smallest absolute Gasteiger partial charge is 0.183 e. The predicted octanol–water partition coefficient (Wildman–Crippen LogP) is 4.41. The van der Waals surface area contributed by atoms with Crippen molar-refractivity contribution < 1.29 is 13.9 Å². The summed E-state index contributed by atoms with van der Waals surface area (Å²) < 4.78 is 16.7. The molecule has 2 unspecified atom stereocenters. The lowest BCUT2D eigenvalue weighted by Crippen LogP contribution is -2.21. The van der Waals surface area contributed by atoms with Crippen molar-refractivity contribution in [2.24, 2.45) is 0 Å². The van der Waals surface area contributed by atoms with Crippen LogP contribution >= 0.6 is 0 Å². The minimum atomic E-state index is -0.479. The lowest BCUT2D eigenvalue weighted by molar-refractivity contribution is -0.147. The van der Waals surface area contributed by atoms with Gasteiger partial charge in [-0.3, -0.25) is 0 Å². The normalized spacial score (nSPS) is 13.7. The number of ether oxygens (including phenoxy) is 2. The van der Waals surface area contributed by atoms with E-state index in [0.717, 1.165) is 18.4 Å². The van der Waals surface area contributed by atoms with Gasteiger partial charge >= 0.3 is 0 Å². The van der Waals surface area contributed by atoms with Gasteiger partial charge in [-0.1, -0.05) is 25.3 Å². The SMILES string of the molecule is C=CCCC(OC(OCC)C(=C)C=C)c1ccoc1. The molecule has 104 valence electrons. The van der Waals surface area contributed by atoms with Crippen LogP contribution < -0.4 is 0 Å². The maximum atomic E-state index is 5.99. The lowest BCUT2D eigenvalue weighted by atomic mass is 10.1. The van der Waals surface area contributed by atoms with Crippen LogP contribution in [-0.4, -0.2) is 12.9 Å². The summed E-state index contributed by atoms with van der Waals surface area (Å²) in [6.07, 6.45) is 7.93. The van der Waals surface area contributed by atoms with E-state index in [1.165, 1.54) is 0 Å². The van der Waals surface area contributed by atoms with Gasteiger partial charge < -0.3 is 13.9 Å². The highest BCUT2D eigenvalue weighted by Gasteiger charge is 2.20. The van der Waals surface area contributed by atoms with E-state index in [0.29, 0.717) is 12.2 Å². The summed E-state index contributed by atoms with van der Waals surface area (Å²) in [5, 5.41) is 0. The van der Waals surface area contributed by atoms with E-state index in [4.69, 9.17) is 13.9 Å². The predicted molar refractivity (Wildman–Crippen MR) is 76.7 cm³/mol. The maximum Gasteiger partial charge on any atom is 0.183 e. The fourth-order valence-corrected chi connectivity index (χ4v) is 1.67. The molecule has 3 nitrogen and oxygen atoms in total. The van der Waals surface area contributed by atoms with E-state index in [1.54, 1.807) is 18.6 Å². The molecule has 0 amide bonds. The molecule has 0 fully saturated rings. The first kappa shape index (κ1) is 15.5. The van der Waals surface area contributed by atoms with Crippen molar-refractivity contribution in [1.82, 2.24) is 0 Å². The largest absolute Gasteiger partial charge is 0.472 e. The van der Waals surface area contributed by atoms with Crippen LogP contribution in [0.15, 0.2) is 60.5 Å². The minimum Gasteiger partial charge on any atom is -0.472 e. The summed E-state index contributed by atoms with van der Waals surface area (Å²) in [4.78, 5) is 0. The van der Waals surface area contributed by atoms with Crippen LogP contribution in [0.25, 0.3) is 0 Å². The van der Waals surface area contributed by atoms with Crippen LogP contribution in [0.3, 0.4) is 0 Å². The zero-order chi connectivity index (χ0) is 14.1. The zero-order valence-corrected chi connectivity index (χ0v) is 11.5. The molecule has 0 N–H and O–H groups in total. The second-order valence-corrected chi connectivity index (χ2v) is 4.11. The molecular weight excluding hydrogens is 240 g/mol. The summed E-state index contributed by atoms with van der Waals surface area (Å²) in [6, 6.07) is 1.90. The van der Waals surface area contributed by atoms with Gasteiger partial charge in [0.1, 0.15) is 0 Å². The maximum absolute atomic E-state index is 5.99. The Morgan fingerprint density at radius 2 is 2.26 bits per heavy atom. The van der Waals surface area contributed by atoms with Crippen LogP contribution in [0.2, 0.25) is 0 Å². The van der Waals surface area contributed by atoms with Crippen molar-refractivity contribution in [2.75, 3.05) is 6.61 Å². The Balaban J connectivity index is 2.76. The van der Waals surface area contributed by atoms with Gasteiger partial charge in [0.15, 0.2) is 6.29 Å². The van der Waals surface area contributed by atoms with E-state index in [1.807, 2.05) is 19.1 Å². The Morgan fingerprint density at radius 1 is 1.47 bits per heavy atom. The van der Waals surface area contributed by atoms with E-state index in [-0.39, 0.29) is 6.10 Å². The highest BCUT2D eigenvalue weighted by atomic mass is 16.7. The van der Waals surface area contributed by atoms with Gasteiger partial charge in [-0.05, 0) is 31.4 Å². The highest BCUT2D eigenvalue weighted by molar-refractivity contribution is 5.16. The molecule has 3 heteroatoms. The summed E-state index contributed by atoms with van der Waals surface area (Å²) in [7, 11) is 0. The van der Waals surface area contributed by atoms with Gasteiger partial charge in [-0.2, -0.15) is 0 Å². The molecule has 0 radical (unpaired) electrons. The number of allylic oxidation sites excluding steroid dienone is 1. The first-order valence-electron chi connectivity index (χ1n) is 6.44. The van der Waals surface area contributed by atoms with Crippen molar-refractivity contribution in [3.63, 3.8) is 0 Å². The average Bonchev–Trinajstić information content (AvgIpc) is 2.95. The standard InChI is InChI=1S/C16H22O3/c1-5-8-9-15(14-10-11-17-12-14)19-16(18-7-3)13(4)6-2/h5-6,10-12,15-16H,1-2,4,7-9H2,3H3. The van der Waals surface area contributed by atoms with Crippen LogP contribution in [0.5, 0.6) is 0 Å². The first-order chi connectivity index (χ1) is 9.22. The van der Waals surface area contributed by atoms with E-state index < -0.39 is 6.29 Å². The quantitative estimate of drug-likeness (QED) is 0.355. The molecule has 0 bridgehead atoms. The number of hydrogen-bond acceptors (Lipinski definition) is 3. The monoisotopic (exact) mass is 262 g/mol. The van der Waals surface area contributed by atoms with Gasteiger partial charge in [0, 0.05) is 12.2 Å². The van der Waals surface area contributed by atoms with Crippen LogP contribution in [0.4, 0.5) is 0 Å². The number of rotatable bonds is 10. The Labute approximate surface area is 115 Å². The second kappa shape index (κ2) is 8.51. The molecule has 1 rings (SSSR count). The summed E-state index contributed by atoms with van der Waals surface area (Å²) in [5.41, 5.74) is 1.71. The fraction of sp³-hybridized carbons (Fsp3) is 0.375. The Hall–Kier alpha value is -1.58. The molecule has 0 aromatic carbocycles. The summed E-state index contributed by atoms with van der Waals surface area (Å²) in [6.45, 7) is 13.8. The molecule has 0 spiro atoms. The third-order valence-corrected chi connectivity index (χ3v) is 2.72. The molecule has 0 saturated carbocycles.